The summed E-state index contributed by atoms with van der Waals surface area (Å²) >= 11 is 1.64. The minimum Gasteiger partial charge on any atom is -0.364 e. The van der Waals surface area contributed by atoms with Crippen LogP contribution in [-0.4, -0.2) is 18.9 Å². The third kappa shape index (κ3) is 3.03. The second-order valence-corrected chi connectivity index (χ2v) is 6.87. The molecule has 2 nitrogen and oxygen atoms in total. The first-order chi connectivity index (χ1) is 10.2. The summed E-state index contributed by atoms with van der Waals surface area (Å²) in [5.41, 5.74) is 3.93. The van der Waals surface area contributed by atoms with Gasteiger partial charge in [0.1, 0.15) is 0 Å². The Kier molecular flexibility index (Phi) is 4.11. The first-order valence-corrected chi connectivity index (χ1v) is 8.45. The van der Waals surface area contributed by atoms with Crippen LogP contribution < -0.4 is 4.90 Å². The molecule has 1 aliphatic rings. The second-order valence-electron chi connectivity index (χ2n) is 5.70. The summed E-state index contributed by atoms with van der Waals surface area (Å²) in [4.78, 5) is 16.9. The van der Waals surface area contributed by atoms with Crippen LogP contribution in [0.25, 0.3) is 0 Å². The van der Waals surface area contributed by atoms with E-state index in [4.69, 9.17) is 0 Å². The molecular weight excluding hydrogens is 278 g/mol. The molecule has 0 N–H and O–H groups in total. The van der Waals surface area contributed by atoms with E-state index in [2.05, 4.69) is 43.0 Å². The molecule has 2 aromatic rings. The molecule has 1 aliphatic heterocycles. The van der Waals surface area contributed by atoms with E-state index in [1.54, 1.807) is 11.3 Å². The van der Waals surface area contributed by atoms with Gasteiger partial charge in [-0.1, -0.05) is 24.6 Å². The van der Waals surface area contributed by atoms with E-state index in [9.17, 15) is 4.79 Å². The topological polar surface area (TPSA) is 20.3 Å². The Morgan fingerprint density at radius 1 is 1.29 bits per heavy atom. The van der Waals surface area contributed by atoms with Gasteiger partial charge >= 0.3 is 0 Å². The van der Waals surface area contributed by atoms with Gasteiger partial charge in [0.2, 0.25) is 0 Å². The van der Waals surface area contributed by atoms with Crippen molar-refractivity contribution in [2.45, 2.75) is 33.1 Å². The number of thiophene rings is 1. The molecule has 110 valence electrons. The number of hydrogen-bond acceptors (Lipinski definition) is 3. The van der Waals surface area contributed by atoms with Crippen molar-refractivity contribution in [3.63, 3.8) is 0 Å². The smallest absolute Gasteiger partial charge is 0.191 e. The fourth-order valence-electron chi connectivity index (χ4n) is 2.94. The Hall–Kier alpha value is -1.61. The average Bonchev–Trinajstić information content (AvgIpc) is 2.96. The van der Waals surface area contributed by atoms with E-state index in [0.717, 1.165) is 30.7 Å². The number of carbonyl (C=O) groups excluding carboxylic acids is 1. The van der Waals surface area contributed by atoms with Crippen LogP contribution >= 0.6 is 11.3 Å². The molecule has 0 unspecified atom stereocenters. The molecule has 21 heavy (non-hydrogen) atoms. The van der Waals surface area contributed by atoms with Crippen molar-refractivity contribution in [2.24, 2.45) is 0 Å². The summed E-state index contributed by atoms with van der Waals surface area (Å²) in [5.74, 6) is 0.244. The molecule has 0 amide bonds. The van der Waals surface area contributed by atoms with Crippen LogP contribution in [0.1, 0.15) is 39.0 Å². The fraction of sp³-hybridized carbons (Fsp3) is 0.389. The summed E-state index contributed by atoms with van der Waals surface area (Å²) in [6.45, 7) is 5.74. The lowest BCUT2D eigenvalue weighted by Gasteiger charge is -2.30. The molecule has 0 radical (unpaired) electrons. The molecule has 0 spiro atoms. The maximum absolute atomic E-state index is 12.5. The van der Waals surface area contributed by atoms with Crippen LogP contribution in [0.2, 0.25) is 0 Å². The third-order valence-corrected chi connectivity index (χ3v) is 5.34. The van der Waals surface area contributed by atoms with Crippen LogP contribution in [0.4, 0.5) is 5.69 Å². The molecular formula is C18H21NOS. The highest BCUT2D eigenvalue weighted by molar-refractivity contribution is 7.14. The molecule has 0 bridgehead atoms. The van der Waals surface area contributed by atoms with Crippen molar-refractivity contribution >= 4 is 22.8 Å². The van der Waals surface area contributed by atoms with Crippen LogP contribution in [0.15, 0.2) is 30.3 Å². The molecule has 1 aromatic heterocycles. The van der Waals surface area contributed by atoms with E-state index in [0.29, 0.717) is 6.54 Å². The Balaban J connectivity index is 1.78. The molecule has 0 aliphatic carbocycles. The first-order valence-electron chi connectivity index (χ1n) is 7.63. The average molecular weight is 299 g/mol. The molecule has 2 heterocycles. The van der Waals surface area contributed by atoms with Gasteiger partial charge in [-0.05, 0) is 49.9 Å². The Morgan fingerprint density at radius 2 is 2.14 bits per heavy atom. The van der Waals surface area contributed by atoms with Gasteiger partial charge in [0.25, 0.3) is 0 Å². The molecule has 0 saturated heterocycles. The minimum atomic E-state index is 0.244. The highest BCUT2D eigenvalue weighted by Gasteiger charge is 2.20. The number of carbonyl (C=O) groups is 1. The number of anilines is 1. The zero-order valence-corrected chi connectivity index (χ0v) is 13.5. The largest absolute Gasteiger partial charge is 0.364 e. The molecule has 0 saturated carbocycles. The third-order valence-electron chi connectivity index (χ3n) is 4.07. The lowest BCUT2D eigenvalue weighted by atomic mass is 9.99. The Bertz CT molecular complexity index is 659. The Morgan fingerprint density at radius 3 is 2.90 bits per heavy atom. The van der Waals surface area contributed by atoms with Crippen molar-refractivity contribution in [3.05, 3.63) is 51.2 Å². The lowest BCUT2D eigenvalue weighted by Crippen LogP contribution is -2.34. The van der Waals surface area contributed by atoms with Crippen LogP contribution in [0, 0.1) is 6.92 Å². The zero-order valence-electron chi connectivity index (χ0n) is 12.7. The molecule has 1 aromatic carbocycles. The fourth-order valence-corrected chi connectivity index (χ4v) is 3.81. The second kappa shape index (κ2) is 6.02. The van der Waals surface area contributed by atoms with Crippen LogP contribution in [0.3, 0.4) is 0 Å². The number of rotatable bonds is 4. The van der Waals surface area contributed by atoms with Crippen molar-refractivity contribution in [3.8, 4) is 0 Å². The van der Waals surface area contributed by atoms with Gasteiger partial charge in [-0.25, -0.2) is 0 Å². The van der Waals surface area contributed by atoms with Crippen LogP contribution in [0.5, 0.6) is 0 Å². The number of Topliss-reactive ketones (excluding diaryl/α,β-unsaturated/α-hetero) is 1. The molecule has 3 heteroatoms. The van der Waals surface area contributed by atoms with E-state index in [-0.39, 0.29) is 5.78 Å². The summed E-state index contributed by atoms with van der Waals surface area (Å²) in [6, 6.07) is 10.6. The van der Waals surface area contributed by atoms with Gasteiger partial charge in [0, 0.05) is 17.1 Å². The van der Waals surface area contributed by atoms with Gasteiger partial charge in [0.05, 0.1) is 11.4 Å². The van der Waals surface area contributed by atoms with Crippen molar-refractivity contribution in [1.82, 2.24) is 0 Å². The van der Waals surface area contributed by atoms with E-state index >= 15 is 0 Å². The minimum absolute atomic E-state index is 0.244. The van der Waals surface area contributed by atoms with Crippen LogP contribution in [-0.2, 0) is 12.8 Å². The van der Waals surface area contributed by atoms with Gasteiger partial charge < -0.3 is 4.90 Å². The first kappa shape index (κ1) is 14.3. The van der Waals surface area contributed by atoms with Crippen molar-refractivity contribution < 1.29 is 4.79 Å². The quantitative estimate of drug-likeness (QED) is 0.786. The Labute approximate surface area is 130 Å². The van der Waals surface area contributed by atoms with Crippen molar-refractivity contribution in [2.75, 3.05) is 18.0 Å². The van der Waals surface area contributed by atoms with Crippen molar-refractivity contribution in [1.29, 1.82) is 0 Å². The standard InChI is InChI=1S/C18H21NOS/c1-3-15-7-9-18(21-15)17(20)12-19-10-4-5-14-11-13(2)6-8-16(14)19/h6-9,11H,3-5,10,12H2,1-2H3. The summed E-state index contributed by atoms with van der Waals surface area (Å²) < 4.78 is 0. The lowest BCUT2D eigenvalue weighted by molar-refractivity contribution is 0.100. The predicted molar refractivity (Wildman–Crippen MR) is 89.7 cm³/mol. The summed E-state index contributed by atoms with van der Waals surface area (Å²) in [7, 11) is 0. The number of hydrogen-bond donors (Lipinski definition) is 0. The van der Waals surface area contributed by atoms with E-state index < -0.39 is 0 Å². The highest BCUT2D eigenvalue weighted by Crippen LogP contribution is 2.28. The van der Waals surface area contributed by atoms with E-state index in [1.165, 1.54) is 21.7 Å². The number of ketones is 1. The predicted octanol–water partition coefficient (Wildman–Crippen LogP) is 4.25. The molecule has 3 rings (SSSR count). The van der Waals surface area contributed by atoms with Gasteiger partial charge in [-0.15, -0.1) is 11.3 Å². The highest BCUT2D eigenvalue weighted by atomic mass is 32.1. The number of aryl methyl sites for hydroxylation is 3. The zero-order chi connectivity index (χ0) is 14.8. The van der Waals surface area contributed by atoms with E-state index in [1.807, 2.05) is 6.07 Å². The van der Waals surface area contributed by atoms with Gasteiger partial charge in [-0.2, -0.15) is 0 Å². The summed E-state index contributed by atoms with van der Waals surface area (Å²) in [6.07, 6.45) is 3.26. The maximum atomic E-state index is 12.5. The number of nitrogens with zero attached hydrogens (tertiary/aromatic N) is 1. The summed E-state index contributed by atoms with van der Waals surface area (Å²) in [5, 5.41) is 0. The van der Waals surface area contributed by atoms with Gasteiger partial charge in [-0.3, -0.25) is 4.79 Å². The monoisotopic (exact) mass is 299 g/mol. The molecule has 0 fully saturated rings. The maximum Gasteiger partial charge on any atom is 0.191 e. The molecule has 0 atom stereocenters. The number of fused-ring (bicyclic) bond motifs is 1. The number of benzene rings is 1. The normalized spacial score (nSPS) is 14.1. The van der Waals surface area contributed by atoms with Gasteiger partial charge in [0.15, 0.2) is 5.78 Å². The SMILES string of the molecule is CCc1ccc(C(=O)CN2CCCc3cc(C)ccc32)s1.